The molecule has 0 radical (unpaired) electrons. The number of hydrogen-bond donors (Lipinski definition) is 0. The third-order valence-corrected chi connectivity index (χ3v) is 3.77. The number of esters is 1. The second kappa shape index (κ2) is 9.56. The molecular formula is C20H24N2O4. The molecule has 0 unspecified atom stereocenters. The SMILES string of the molecule is CCOC(=O)CCC=Cc1cc(C)c(=O)n(Cc2ccc(OC)cc2)n1. The molecule has 2 aromatic rings. The number of allylic oxidation sites excluding steroid dienone is 1. The maximum absolute atomic E-state index is 12.3. The number of methoxy groups -OCH3 is 1. The van der Waals surface area contributed by atoms with Gasteiger partial charge in [0.25, 0.3) is 5.56 Å². The van der Waals surface area contributed by atoms with E-state index in [1.165, 1.54) is 4.68 Å². The molecule has 0 fully saturated rings. The summed E-state index contributed by atoms with van der Waals surface area (Å²) in [5.74, 6) is 0.550. The molecule has 2 rings (SSSR count). The molecule has 0 spiro atoms. The van der Waals surface area contributed by atoms with E-state index in [0.717, 1.165) is 11.3 Å². The molecule has 0 atom stereocenters. The Bertz CT molecular complexity index is 823. The van der Waals surface area contributed by atoms with Crippen molar-refractivity contribution >= 4 is 12.0 Å². The van der Waals surface area contributed by atoms with Crippen molar-refractivity contribution in [2.24, 2.45) is 0 Å². The summed E-state index contributed by atoms with van der Waals surface area (Å²) in [6, 6.07) is 9.26. The van der Waals surface area contributed by atoms with Crippen LogP contribution in [0.25, 0.3) is 6.08 Å². The first kappa shape index (κ1) is 19.4. The van der Waals surface area contributed by atoms with E-state index in [-0.39, 0.29) is 11.5 Å². The van der Waals surface area contributed by atoms with Gasteiger partial charge in [0.05, 0.1) is 26.0 Å². The van der Waals surface area contributed by atoms with Gasteiger partial charge in [0.2, 0.25) is 0 Å². The second-order valence-electron chi connectivity index (χ2n) is 5.81. The third-order valence-electron chi connectivity index (χ3n) is 3.77. The summed E-state index contributed by atoms with van der Waals surface area (Å²) in [6.07, 6.45) is 4.57. The maximum Gasteiger partial charge on any atom is 0.306 e. The van der Waals surface area contributed by atoms with Crippen LogP contribution in [-0.2, 0) is 16.1 Å². The van der Waals surface area contributed by atoms with Gasteiger partial charge < -0.3 is 9.47 Å². The number of carbonyl (C=O) groups excluding carboxylic acids is 1. The summed E-state index contributed by atoms with van der Waals surface area (Å²) in [5, 5.41) is 4.39. The Kier molecular flexibility index (Phi) is 7.14. The number of hydrogen-bond acceptors (Lipinski definition) is 5. The van der Waals surface area contributed by atoms with E-state index in [9.17, 15) is 9.59 Å². The Balaban J connectivity index is 2.10. The number of nitrogens with zero attached hydrogens (tertiary/aromatic N) is 2. The highest BCUT2D eigenvalue weighted by molar-refractivity contribution is 5.69. The van der Waals surface area contributed by atoms with E-state index >= 15 is 0 Å². The minimum Gasteiger partial charge on any atom is -0.497 e. The molecule has 0 aliphatic heterocycles. The molecule has 6 heteroatoms. The number of aryl methyl sites for hydroxylation is 1. The van der Waals surface area contributed by atoms with Gasteiger partial charge in [0.15, 0.2) is 0 Å². The number of ether oxygens (including phenoxy) is 2. The molecule has 0 amide bonds. The van der Waals surface area contributed by atoms with Gasteiger partial charge in [-0.05, 0) is 50.1 Å². The summed E-state index contributed by atoms with van der Waals surface area (Å²) < 4.78 is 11.5. The summed E-state index contributed by atoms with van der Waals surface area (Å²) in [6.45, 7) is 4.32. The van der Waals surface area contributed by atoms with Crippen molar-refractivity contribution in [1.82, 2.24) is 9.78 Å². The normalized spacial score (nSPS) is 10.9. The largest absolute Gasteiger partial charge is 0.497 e. The zero-order valence-corrected chi connectivity index (χ0v) is 15.4. The Labute approximate surface area is 153 Å². The highest BCUT2D eigenvalue weighted by atomic mass is 16.5. The molecule has 0 saturated carbocycles. The highest BCUT2D eigenvalue weighted by Gasteiger charge is 2.05. The van der Waals surface area contributed by atoms with Crippen LogP contribution in [0.4, 0.5) is 0 Å². The lowest BCUT2D eigenvalue weighted by atomic mass is 10.2. The Hall–Kier alpha value is -2.89. The van der Waals surface area contributed by atoms with Crippen molar-refractivity contribution in [3.8, 4) is 5.75 Å². The van der Waals surface area contributed by atoms with Crippen LogP contribution in [0, 0.1) is 6.92 Å². The molecular weight excluding hydrogens is 332 g/mol. The molecule has 0 bridgehead atoms. The molecule has 1 aromatic carbocycles. The van der Waals surface area contributed by atoms with Crippen molar-refractivity contribution in [2.45, 2.75) is 33.2 Å². The number of benzene rings is 1. The molecule has 0 N–H and O–H groups in total. The molecule has 1 heterocycles. The van der Waals surface area contributed by atoms with Crippen LogP contribution in [0.3, 0.4) is 0 Å². The van der Waals surface area contributed by atoms with Crippen LogP contribution in [-0.4, -0.2) is 29.5 Å². The zero-order valence-electron chi connectivity index (χ0n) is 15.4. The molecule has 0 saturated heterocycles. The molecule has 138 valence electrons. The molecule has 26 heavy (non-hydrogen) atoms. The fraction of sp³-hybridized carbons (Fsp3) is 0.350. The monoisotopic (exact) mass is 356 g/mol. The van der Waals surface area contributed by atoms with Crippen LogP contribution in [0.2, 0.25) is 0 Å². The lowest BCUT2D eigenvalue weighted by Gasteiger charge is -2.08. The van der Waals surface area contributed by atoms with Gasteiger partial charge in [-0.25, -0.2) is 4.68 Å². The molecule has 0 aliphatic carbocycles. The standard InChI is InChI=1S/C20H24N2O4/c1-4-26-19(23)8-6-5-7-17-13-15(2)20(24)22(21-17)14-16-9-11-18(25-3)12-10-16/h5,7,9-13H,4,6,8,14H2,1-3H3. The fourth-order valence-electron chi connectivity index (χ4n) is 2.43. The quantitative estimate of drug-likeness (QED) is 0.680. The predicted molar refractivity (Wildman–Crippen MR) is 100 cm³/mol. The number of aromatic nitrogens is 2. The predicted octanol–water partition coefficient (Wildman–Crippen LogP) is 2.97. The first-order chi connectivity index (χ1) is 12.5. The first-order valence-corrected chi connectivity index (χ1v) is 8.57. The first-order valence-electron chi connectivity index (χ1n) is 8.57. The van der Waals surface area contributed by atoms with Crippen molar-refractivity contribution < 1.29 is 14.3 Å². The minimum absolute atomic E-state index is 0.121. The lowest BCUT2D eigenvalue weighted by molar-refractivity contribution is -0.142. The highest BCUT2D eigenvalue weighted by Crippen LogP contribution is 2.12. The average molecular weight is 356 g/mol. The van der Waals surface area contributed by atoms with Gasteiger partial charge in [-0.15, -0.1) is 0 Å². The molecule has 1 aromatic heterocycles. The Morgan fingerprint density at radius 1 is 1.27 bits per heavy atom. The Morgan fingerprint density at radius 3 is 2.65 bits per heavy atom. The molecule has 0 aliphatic rings. The van der Waals surface area contributed by atoms with E-state index in [1.54, 1.807) is 27.0 Å². The van der Waals surface area contributed by atoms with E-state index in [0.29, 0.717) is 37.3 Å². The summed E-state index contributed by atoms with van der Waals surface area (Å²) in [4.78, 5) is 23.7. The van der Waals surface area contributed by atoms with E-state index in [1.807, 2.05) is 36.4 Å². The van der Waals surface area contributed by atoms with Crippen molar-refractivity contribution in [3.63, 3.8) is 0 Å². The van der Waals surface area contributed by atoms with Gasteiger partial charge in [0, 0.05) is 12.0 Å². The van der Waals surface area contributed by atoms with Crippen molar-refractivity contribution in [2.75, 3.05) is 13.7 Å². The number of rotatable bonds is 8. The Morgan fingerprint density at radius 2 is 2.00 bits per heavy atom. The zero-order chi connectivity index (χ0) is 18.9. The third kappa shape index (κ3) is 5.58. The van der Waals surface area contributed by atoms with Crippen molar-refractivity contribution in [3.05, 3.63) is 63.6 Å². The minimum atomic E-state index is -0.217. The van der Waals surface area contributed by atoms with Gasteiger partial charge >= 0.3 is 5.97 Å². The second-order valence-corrected chi connectivity index (χ2v) is 5.81. The van der Waals surface area contributed by atoms with E-state index < -0.39 is 0 Å². The van der Waals surface area contributed by atoms with Crippen LogP contribution in [0.1, 0.15) is 36.6 Å². The average Bonchev–Trinajstić information content (AvgIpc) is 2.63. The van der Waals surface area contributed by atoms with E-state index in [2.05, 4.69) is 5.10 Å². The van der Waals surface area contributed by atoms with Crippen LogP contribution >= 0.6 is 0 Å². The van der Waals surface area contributed by atoms with Crippen LogP contribution < -0.4 is 10.3 Å². The topological polar surface area (TPSA) is 70.4 Å². The maximum atomic E-state index is 12.3. The lowest BCUT2D eigenvalue weighted by Crippen LogP contribution is -2.26. The summed E-state index contributed by atoms with van der Waals surface area (Å²) in [5.41, 5.74) is 2.14. The fourth-order valence-corrected chi connectivity index (χ4v) is 2.43. The smallest absolute Gasteiger partial charge is 0.306 e. The molecule has 6 nitrogen and oxygen atoms in total. The van der Waals surface area contributed by atoms with Crippen LogP contribution in [0.5, 0.6) is 5.75 Å². The van der Waals surface area contributed by atoms with Gasteiger partial charge in [-0.3, -0.25) is 9.59 Å². The summed E-state index contributed by atoms with van der Waals surface area (Å²) >= 11 is 0. The van der Waals surface area contributed by atoms with Crippen LogP contribution in [0.15, 0.2) is 41.2 Å². The number of carbonyl (C=O) groups is 1. The van der Waals surface area contributed by atoms with Gasteiger partial charge in [-0.2, -0.15) is 5.10 Å². The van der Waals surface area contributed by atoms with Gasteiger partial charge in [-0.1, -0.05) is 18.2 Å². The van der Waals surface area contributed by atoms with Gasteiger partial charge in [0.1, 0.15) is 5.75 Å². The summed E-state index contributed by atoms with van der Waals surface area (Å²) in [7, 11) is 1.61. The van der Waals surface area contributed by atoms with Crippen molar-refractivity contribution in [1.29, 1.82) is 0 Å². The van der Waals surface area contributed by atoms with E-state index in [4.69, 9.17) is 9.47 Å².